The zero-order valence-electron chi connectivity index (χ0n) is 16.3. The first-order chi connectivity index (χ1) is 13.5. The molecule has 0 bridgehead atoms. The predicted octanol–water partition coefficient (Wildman–Crippen LogP) is 3.31. The summed E-state index contributed by atoms with van der Waals surface area (Å²) >= 11 is 0. The molecule has 6 nitrogen and oxygen atoms in total. The second kappa shape index (κ2) is 7.01. The molecule has 1 saturated heterocycles. The van der Waals surface area contributed by atoms with Gasteiger partial charge in [-0.05, 0) is 42.9 Å². The Balaban J connectivity index is 1.84. The number of allylic oxidation sites excluding steroid dienone is 1. The second-order valence-electron chi connectivity index (χ2n) is 7.97. The third kappa shape index (κ3) is 2.62. The largest absolute Gasteiger partial charge is 0.515 e. The molecule has 3 aliphatic rings. The molecule has 0 radical (unpaired) electrons. The van der Waals surface area contributed by atoms with Crippen LogP contribution in [-0.2, 0) is 24.4 Å². The lowest BCUT2D eigenvalue weighted by Crippen LogP contribution is -2.59. The van der Waals surface area contributed by atoms with E-state index in [1.807, 2.05) is 6.07 Å². The highest BCUT2D eigenvalue weighted by atomic mass is 16.7. The van der Waals surface area contributed by atoms with Gasteiger partial charge in [0.25, 0.3) is 0 Å². The standard InChI is InChI=1S/C22H26O6/c1-14-18-7-6-16(13-23)19(24)21(18,8-9-22(14)27-10-11-28-22)17-5-3-4-15(12-17)20(25)26-2/h3-5,12-14,18,23H,6-11H2,1-2H3/t14-,18-,21-/m0/s1. The molecule has 3 atom stereocenters. The first-order valence-corrected chi connectivity index (χ1v) is 9.83. The van der Waals surface area contributed by atoms with Crippen LogP contribution in [0.15, 0.2) is 36.1 Å². The zero-order chi connectivity index (χ0) is 19.9. The fraction of sp³-hybridized carbons (Fsp3) is 0.545. The van der Waals surface area contributed by atoms with Gasteiger partial charge in [0.1, 0.15) is 0 Å². The predicted molar refractivity (Wildman–Crippen MR) is 101 cm³/mol. The maximum Gasteiger partial charge on any atom is 0.337 e. The number of hydrogen-bond acceptors (Lipinski definition) is 6. The van der Waals surface area contributed by atoms with Crippen LogP contribution in [0.4, 0.5) is 0 Å². The van der Waals surface area contributed by atoms with E-state index in [0.717, 1.165) is 18.2 Å². The fourth-order valence-electron chi connectivity index (χ4n) is 5.54. The van der Waals surface area contributed by atoms with Crippen LogP contribution < -0.4 is 0 Å². The molecule has 1 spiro atoms. The molecule has 28 heavy (non-hydrogen) atoms. The number of ketones is 1. The molecule has 1 aliphatic heterocycles. The highest BCUT2D eigenvalue weighted by molar-refractivity contribution is 6.05. The van der Waals surface area contributed by atoms with Crippen LogP contribution in [-0.4, -0.2) is 43.0 Å². The van der Waals surface area contributed by atoms with E-state index in [2.05, 4.69) is 6.92 Å². The van der Waals surface area contributed by atoms with E-state index < -0.39 is 17.2 Å². The number of hydrogen-bond donors (Lipinski definition) is 1. The van der Waals surface area contributed by atoms with Crippen LogP contribution in [0.5, 0.6) is 0 Å². The average molecular weight is 386 g/mol. The molecule has 1 N–H and O–H groups in total. The summed E-state index contributed by atoms with van der Waals surface area (Å²) in [6.45, 7) is 3.23. The van der Waals surface area contributed by atoms with Gasteiger partial charge in [0, 0.05) is 17.9 Å². The van der Waals surface area contributed by atoms with Crippen LogP contribution >= 0.6 is 0 Å². The minimum absolute atomic E-state index is 0.00901. The van der Waals surface area contributed by atoms with Crippen molar-refractivity contribution >= 4 is 11.8 Å². The van der Waals surface area contributed by atoms with Crippen molar-refractivity contribution in [2.75, 3.05) is 20.3 Å². The van der Waals surface area contributed by atoms with Crippen LogP contribution in [0.3, 0.4) is 0 Å². The summed E-state index contributed by atoms with van der Waals surface area (Å²) < 4.78 is 16.9. The van der Waals surface area contributed by atoms with E-state index in [-0.39, 0.29) is 17.6 Å². The van der Waals surface area contributed by atoms with Gasteiger partial charge < -0.3 is 19.3 Å². The van der Waals surface area contributed by atoms with E-state index in [4.69, 9.17) is 14.2 Å². The first-order valence-electron chi connectivity index (χ1n) is 9.83. The normalized spacial score (nSPS) is 33.1. The molecule has 2 aliphatic carbocycles. The number of rotatable bonds is 2. The minimum atomic E-state index is -0.809. The molecule has 1 aromatic carbocycles. The zero-order valence-corrected chi connectivity index (χ0v) is 16.3. The highest BCUT2D eigenvalue weighted by Crippen LogP contribution is 2.58. The Kier molecular flexibility index (Phi) is 4.79. The number of Topliss-reactive ketones (excluding diaryl/α,β-unsaturated/α-hetero) is 1. The molecule has 1 heterocycles. The highest BCUT2D eigenvalue weighted by Gasteiger charge is 2.61. The minimum Gasteiger partial charge on any atom is -0.515 e. The quantitative estimate of drug-likeness (QED) is 0.477. The third-order valence-electron chi connectivity index (χ3n) is 6.95. The number of aliphatic hydroxyl groups is 1. The lowest BCUT2D eigenvalue weighted by atomic mass is 9.51. The number of esters is 1. The number of carbonyl (C=O) groups is 2. The van der Waals surface area contributed by atoms with Gasteiger partial charge in [-0.1, -0.05) is 19.1 Å². The van der Waals surface area contributed by atoms with Crippen LogP contribution in [0.1, 0.15) is 48.5 Å². The Morgan fingerprint density at radius 2 is 2.04 bits per heavy atom. The summed E-state index contributed by atoms with van der Waals surface area (Å²) in [6, 6.07) is 7.14. The van der Waals surface area contributed by atoms with Crippen molar-refractivity contribution < 1.29 is 28.9 Å². The molecule has 3 fully saturated rings. The molecular weight excluding hydrogens is 360 g/mol. The summed E-state index contributed by atoms with van der Waals surface area (Å²) in [5, 5.41) is 9.66. The Bertz CT molecular complexity index is 822. The summed E-state index contributed by atoms with van der Waals surface area (Å²) in [6.07, 6.45) is 3.36. The van der Waals surface area contributed by atoms with E-state index in [1.54, 1.807) is 18.2 Å². The summed E-state index contributed by atoms with van der Waals surface area (Å²) in [7, 11) is 1.34. The number of aliphatic hydroxyl groups excluding tert-OH is 1. The molecule has 0 unspecified atom stereocenters. The monoisotopic (exact) mass is 386 g/mol. The molecule has 1 aromatic rings. The molecule has 0 aromatic heterocycles. The Morgan fingerprint density at radius 1 is 1.29 bits per heavy atom. The summed E-state index contributed by atoms with van der Waals surface area (Å²) in [5.74, 6) is -1.14. The summed E-state index contributed by atoms with van der Waals surface area (Å²) in [5.41, 5.74) is 0.846. The van der Waals surface area contributed by atoms with Crippen molar-refractivity contribution in [3.05, 3.63) is 47.2 Å². The molecule has 0 amide bonds. The SMILES string of the molecule is COC(=O)c1cccc([C@@]23CCC4(OCCO4)[C@@H](C)[C@@H]2CCC(=CO)C3=O)c1. The van der Waals surface area contributed by atoms with E-state index in [1.165, 1.54) is 7.11 Å². The molecule has 2 saturated carbocycles. The van der Waals surface area contributed by atoms with Crippen molar-refractivity contribution in [2.24, 2.45) is 11.8 Å². The second-order valence-corrected chi connectivity index (χ2v) is 7.97. The van der Waals surface area contributed by atoms with Crippen molar-refractivity contribution in [3.63, 3.8) is 0 Å². The molecular formula is C22H26O6. The number of methoxy groups -OCH3 is 1. The number of fused-ring (bicyclic) bond motifs is 1. The van der Waals surface area contributed by atoms with Crippen molar-refractivity contribution in [1.29, 1.82) is 0 Å². The Labute approximate surface area is 164 Å². The van der Waals surface area contributed by atoms with Crippen molar-refractivity contribution in [3.8, 4) is 0 Å². The van der Waals surface area contributed by atoms with E-state index >= 15 is 0 Å². The van der Waals surface area contributed by atoms with Crippen molar-refractivity contribution in [2.45, 2.75) is 43.8 Å². The van der Waals surface area contributed by atoms with Gasteiger partial charge in [-0.3, -0.25) is 4.79 Å². The maximum absolute atomic E-state index is 13.6. The molecule has 6 heteroatoms. The fourth-order valence-corrected chi connectivity index (χ4v) is 5.54. The summed E-state index contributed by atoms with van der Waals surface area (Å²) in [4.78, 5) is 25.7. The van der Waals surface area contributed by atoms with Gasteiger partial charge in [0.2, 0.25) is 0 Å². The van der Waals surface area contributed by atoms with Gasteiger partial charge in [0.05, 0.1) is 37.6 Å². The van der Waals surface area contributed by atoms with Gasteiger partial charge in [-0.25, -0.2) is 4.79 Å². The van der Waals surface area contributed by atoms with Gasteiger partial charge in [0.15, 0.2) is 11.6 Å². The Morgan fingerprint density at radius 3 is 2.71 bits per heavy atom. The topological polar surface area (TPSA) is 82.1 Å². The Hall–Kier alpha value is -2.18. The van der Waals surface area contributed by atoms with Gasteiger partial charge in [-0.2, -0.15) is 0 Å². The van der Waals surface area contributed by atoms with Crippen LogP contribution in [0.2, 0.25) is 0 Å². The van der Waals surface area contributed by atoms with E-state index in [0.29, 0.717) is 43.6 Å². The number of carbonyl (C=O) groups excluding carboxylic acids is 2. The van der Waals surface area contributed by atoms with Crippen molar-refractivity contribution in [1.82, 2.24) is 0 Å². The number of benzene rings is 1. The van der Waals surface area contributed by atoms with Gasteiger partial charge >= 0.3 is 5.97 Å². The lowest BCUT2D eigenvalue weighted by molar-refractivity contribution is -0.234. The molecule has 4 rings (SSSR count). The molecule has 150 valence electrons. The van der Waals surface area contributed by atoms with E-state index in [9.17, 15) is 14.7 Å². The third-order valence-corrected chi connectivity index (χ3v) is 6.95. The maximum atomic E-state index is 13.6. The van der Waals surface area contributed by atoms with Crippen LogP contribution in [0, 0.1) is 11.8 Å². The smallest absolute Gasteiger partial charge is 0.337 e. The van der Waals surface area contributed by atoms with Gasteiger partial charge in [-0.15, -0.1) is 0 Å². The number of ether oxygens (including phenoxy) is 3. The lowest BCUT2D eigenvalue weighted by Gasteiger charge is -2.55. The first kappa shape index (κ1) is 19.2. The average Bonchev–Trinajstić information content (AvgIpc) is 3.21. The van der Waals surface area contributed by atoms with Crippen LogP contribution in [0.25, 0.3) is 0 Å².